The minimum Gasteiger partial charge on any atom is -0.550 e. The van der Waals surface area contributed by atoms with Gasteiger partial charge in [0.2, 0.25) is 0 Å². The number of carboxylic acid groups (broad SMARTS) is 1. The van der Waals surface area contributed by atoms with Crippen molar-refractivity contribution in [2.45, 2.75) is 25.0 Å². The van der Waals surface area contributed by atoms with Gasteiger partial charge in [-0.2, -0.15) is 11.8 Å². The maximum atomic E-state index is 10.5. The van der Waals surface area contributed by atoms with Crippen LogP contribution in [0.3, 0.4) is 0 Å². The molecule has 116 valence electrons. The average molecular weight is 334 g/mol. The summed E-state index contributed by atoms with van der Waals surface area (Å²) in [5.74, 6) is 1.07. The van der Waals surface area contributed by atoms with Crippen LogP contribution in [0.5, 0.6) is 0 Å². The number of carbonyl (C=O) groups is 1. The molecule has 2 aromatic carbocycles. The molecule has 0 spiro atoms. The summed E-state index contributed by atoms with van der Waals surface area (Å²) >= 11 is 7.77. The molecule has 0 bridgehead atoms. The Hall–Kier alpha value is -1.45. The monoisotopic (exact) mass is 333 g/mol. The summed E-state index contributed by atoms with van der Waals surface area (Å²) in [6.07, 6.45) is 2.11. The molecule has 0 aliphatic rings. The van der Waals surface area contributed by atoms with Crippen LogP contribution in [-0.4, -0.2) is 11.7 Å². The molecule has 0 aliphatic heterocycles. The molecule has 4 heteroatoms. The molecule has 0 radical (unpaired) electrons. The first-order chi connectivity index (χ1) is 10.6. The van der Waals surface area contributed by atoms with Crippen LogP contribution in [0.25, 0.3) is 0 Å². The Morgan fingerprint density at radius 2 is 1.55 bits per heavy atom. The molecule has 2 nitrogen and oxygen atoms in total. The molecule has 2 aromatic rings. The number of hydrogen-bond donors (Lipinski definition) is 0. The summed E-state index contributed by atoms with van der Waals surface area (Å²) < 4.78 is 0. The molecule has 0 aliphatic carbocycles. The Balaban J connectivity index is 1.66. The lowest BCUT2D eigenvalue weighted by molar-refractivity contribution is -0.304. The highest BCUT2D eigenvalue weighted by atomic mass is 35.5. The van der Waals surface area contributed by atoms with Crippen molar-refractivity contribution in [2.24, 2.45) is 0 Å². The van der Waals surface area contributed by atoms with Crippen LogP contribution in [0.4, 0.5) is 0 Å². The van der Waals surface area contributed by atoms with Crippen LogP contribution in [0.1, 0.15) is 23.1 Å². The maximum Gasteiger partial charge on any atom is 0.0458 e. The van der Waals surface area contributed by atoms with Gasteiger partial charge in [0, 0.05) is 23.2 Å². The van der Waals surface area contributed by atoms with Crippen molar-refractivity contribution in [3.8, 4) is 0 Å². The third kappa shape index (κ3) is 6.12. The molecule has 0 saturated heterocycles. The van der Waals surface area contributed by atoms with Crippen molar-refractivity contribution < 1.29 is 9.90 Å². The SMILES string of the molecule is O=C([O-])Cc1ccc(CCCSCc2ccc(Cl)cc2)cc1. The van der Waals surface area contributed by atoms with Crippen LogP contribution in [0, 0.1) is 0 Å². The molecule has 0 unspecified atom stereocenters. The first-order valence-corrected chi connectivity index (χ1v) is 8.76. The van der Waals surface area contributed by atoms with Gasteiger partial charge in [0.25, 0.3) is 0 Å². The first kappa shape index (κ1) is 16.9. The van der Waals surface area contributed by atoms with E-state index in [0.717, 1.165) is 34.9 Å². The minimum atomic E-state index is -1.04. The van der Waals surface area contributed by atoms with E-state index in [9.17, 15) is 9.90 Å². The summed E-state index contributed by atoms with van der Waals surface area (Å²) in [4.78, 5) is 10.5. The van der Waals surface area contributed by atoms with Gasteiger partial charge >= 0.3 is 0 Å². The van der Waals surface area contributed by atoms with E-state index in [4.69, 9.17) is 11.6 Å². The Morgan fingerprint density at radius 3 is 2.18 bits per heavy atom. The van der Waals surface area contributed by atoms with E-state index < -0.39 is 5.97 Å². The summed E-state index contributed by atoms with van der Waals surface area (Å²) in [7, 11) is 0. The van der Waals surface area contributed by atoms with E-state index in [1.54, 1.807) is 0 Å². The largest absolute Gasteiger partial charge is 0.550 e. The average Bonchev–Trinajstić information content (AvgIpc) is 2.50. The Labute approximate surface area is 140 Å². The predicted molar refractivity (Wildman–Crippen MR) is 91.1 cm³/mol. The van der Waals surface area contributed by atoms with Gasteiger partial charge in [0.05, 0.1) is 0 Å². The van der Waals surface area contributed by atoms with E-state index >= 15 is 0 Å². The molecule has 0 heterocycles. The highest BCUT2D eigenvalue weighted by Gasteiger charge is 1.98. The Bertz CT molecular complexity index is 593. The molecule has 2 rings (SSSR count). The van der Waals surface area contributed by atoms with Crippen molar-refractivity contribution in [3.05, 3.63) is 70.2 Å². The first-order valence-electron chi connectivity index (χ1n) is 7.23. The zero-order chi connectivity index (χ0) is 15.8. The molecular formula is C18H18ClO2S-. The van der Waals surface area contributed by atoms with E-state index in [1.807, 2.05) is 48.2 Å². The zero-order valence-electron chi connectivity index (χ0n) is 12.3. The normalized spacial score (nSPS) is 10.6. The highest BCUT2D eigenvalue weighted by Crippen LogP contribution is 2.17. The minimum absolute atomic E-state index is 0.0166. The second kappa shape index (κ2) is 8.86. The fourth-order valence-electron chi connectivity index (χ4n) is 2.14. The lowest BCUT2D eigenvalue weighted by atomic mass is 10.1. The van der Waals surface area contributed by atoms with Crippen LogP contribution in [0.2, 0.25) is 5.02 Å². The fourth-order valence-corrected chi connectivity index (χ4v) is 3.19. The number of aryl methyl sites for hydroxylation is 1. The number of carboxylic acids is 1. The number of aliphatic carboxylic acids is 1. The number of benzene rings is 2. The lowest BCUT2D eigenvalue weighted by Gasteiger charge is -2.05. The molecule has 0 aromatic heterocycles. The molecule has 0 amide bonds. The molecule has 22 heavy (non-hydrogen) atoms. The maximum absolute atomic E-state index is 10.5. The van der Waals surface area contributed by atoms with Gasteiger partial charge in [-0.15, -0.1) is 0 Å². The third-order valence-electron chi connectivity index (χ3n) is 3.31. The van der Waals surface area contributed by atoms with Crippen molar-refractivity contribution in [3.63, 3.8) is 0 Å². The van der Waals surface area contributed by atoms with Crippen LogP contribution < -0.4 is 5.11 Å². The molecule has 0 saturated carbocycles. The van der Waals surface area contributed by atoms with Crippen molar-refractivity contribution >= 4 is 29.3 Å². The van der Waals surface area contributed by atoms with E-state index in [-0.39, 0.29) is 6.42 Å². The van der Waals surface area contributed by atoms with E-state index in [2.05, 4.69) is 12.1 Å². The van der Waals surface area contributed by atoms with Crippen molar-refractivity contribution in [1.82, 2.24) is 0 Å². The number of carbonyl (C=O) groups excluding carboxylic acids is 1. The van der Waals surface area contributed by atoms with Gasteiger partial charge < -0.3 is 9.90 Å². The van der Waals surface area contributed by atoms with Crippen molar-refractivity contribution in [2.75, 3.05) is 5.75 Å². The van der Waals surface area contributed by atoms with Gasteiger partial charge in [0.1, 0.15) is 0 Å². The zero-order valence-corrected chi connectivity index (χ0v) is 13.8. The van der Waals surface area contributed by atoms with Crippen LogP contribution in [0.15, 0.2) is 48.5 Å². The van der Waals surface area contributed by atoms with Crippen LogP contribution >= 0.6 is 23.4 Å². The fraction of sp³-hybridized carbons (Fsp3) is 0.278. The lowest BCUT2D eigenvalue weighted by Crippen LogP contribution is -2.24. The standard InChI is InChI=1S/C18H19ClO2S/c19-17-9-7-16(8-10-17)13-22-11-1-2-14-3-5-15(6-4-14)12-18(20)21/h3-10H,1-2,11-13H2,(H,20,21)/p-1. The smallest absolute Gasteiger partial charge is 0.0458 e. The van der Waals surface area contributed by atoms with Crippen molar-refractivity contribution in [1.29, 1.82) is 0 Å². The number of halogens is 1. The van der Waals surface area contributed by atoms with E-state index in [0.29, 0.717) is 0 Å². The number of thioether (sulfide) groups is 1. The molecular weight excluding hydrogens is 316 g/mol. The third-order valence-corrected chi connectivity index (χ3v) is 4.67. The van der Waals surface area contributed by atoms with Gasteiger partial charge in [-0.3, -0.25) is 0 Å². The van der Waals surface area contributed by atoms with Crippen LogP contribution in [-0.2, 0) is 23.4 Å². The second-order valence-corrected chi connectivity index (χ2v) is 6.69. The summed E-state index contributed by atoms with van der Waals surface area (Å²) in [5.41, 5.74) is 3.33. The predicted octanol–water partition coefficient (Wildman–Crippen LogP) is 3.50. The number of rotatable bonds is 8. The quantitative estimate of drug-likeness (QED) is 0.694. The molecule has 0 fully saturated rings. The molecule has 0 N–H and O–H groups in total. The van der Waals surface area contributed by atoms with Gasteiger partial charge in [-0.25, -0.2) is 0 Å². The van der Waals surface area contributed by atoms with Gasteiger partial charge in [-0.1, -0.05) is 48.0 Å². The molecule has 0 atom stereocenters. The Kier molecular flexibility index (Phi) is 6.81. The summed E-state index contributed by atoms with van der Waals surface area (Å²) in [6.45, 7) is 0. The Morgan fingerprint density at radius 1 is 0.955 bits per heavy atom. The highest BCUT2D eigenvalue weighted by molar-refractivity contribution is 7.98. The number of hydrogen-bond acceptors (Lipinski definition) is 3. The second-order valence-electron chi connectivity index (χ2n) is 5.15. The summed E-state index contributed by atoms with van der Waals surface area (Å²) in [6, 6.07) is 15.7. The van der Waals surface area contributed by atoms with Gasteiger partial charge in [0.15, 0.2) is 0 Å². The summed E-state index contributed by atoms with van der Waals surface area (Å²) in [5, 5.41) is 11.3. The topological polar surface area (TPSA) is 40.1 Å². The van der Waals surface area contributed by atoms with E-state index in [1.165, 1.54) is 11.1 Å². The van der Waals surface area contributed by atoms with Gasteiger partial charge in [-0.05, 0) is 47.4 Å².